The lowest BCUT2D eigenvalue weighted by molar-refractivity contribution is -0.384. The number of nitro groups is 1. The van der Waals surface area contributed by atoms with E-state index in [9.17, 15) is 29.9 Å². The van der Waals surface area contributed by atoms with Gasteiger partial charge in [-0.1, -0.05) is 30.2 Å². The van der Waals surface area contributed by atoms with Gasteiger partial charge in [-0.3, -0.25) is 10.1 Å². The summed E-state index contributed by atoms with van der Waals surface area (Å²) in [6.07, 6.45) is 4.45. The molecule has 0 amide bonds. The lowest BCUT2D eigenvalue weighted by atomic mass is 9.80. The van der Waals surface area contributed by atoms with E-state index in [1.807, 2.05) is 0 Å². The molecule has 0 saturated carbocycles. The Morgan fingerprint density at radius 3 is 2.36 bits per heavy atom. The first-order valence-electron chi connectivity index (χ1n) is 9.76. The van der Waals surface area contributed by atoms with Crippen LogP contribution in [0.1, 0.15) is 37.0 Å². The zero-order chi connectivity index (χ0) is 24.3. The highest BCUT2D eigenvalue weighted by molar-refractivity contribution is 5.99. The Balaban J connectivity index is 2.08. The predicted octanol–water partition coefficient (Wildman–Crippen LogP) is 3.54. The number of aliphatic carboxylic acids is 1. The minimum absolute atomic E-state index is 0.00771. The average Bonchev–Trinajstić information content (AvgIpc) is 2.77. The Kier molecular flexibility index (Phi) is 6.49. The van der Waals surface area contributed by atoms with E-state index in [2.05, 4.69) is 11.2 Å². The van der Waals surface area contributed by atoms with E-state index in [1.54, 1.807) is 13.8 Å². The van der Waals surface area contributed by atoms with Crippen molar-refractivity contribution in [1.82, 2.24) is 5.32 Å². The molecular formula is C24H20N2O7. The van der Waals surface area contributed by atoms with Gasteiger partial charge in [0.2, 0.25) is 0 Å². The summed E-state index contributed by atoms with van der Waals surface area (Å²) >= 11 is 0. The third-order valence-electron chi connectivity index (χ3n) is 5.20. The molecule has 2 aromatic rings. The monoisotopic (exact) mass is 448 g/mol. The van der Waals surface area contributed by atoms with Crippen molar-refractivity contribution in [3.05, 3.63) is 92.3 Å². The van der Waals surface area contributed by atoms with Gasteiger partial charge < -0.3 is 20.3 Å². The molecule has 33 heavy (non-hydrogen) atoms. The number of aromatic hydroxyl groups is 1. The molecule has 3 N–H and O–H groups in total. The summed E-state index contributed by atoms with van der Waals surface area (Å²) in [6.45, 7) is 3.12. The van der Waals surface area contributed by atoms with Crippen molar-refractivity contribution in [2.75, 3.05) is 0 Å². The van der Waals surface area contributed by atoms with Crippen LogP contribution < -0.4 is 5.32 Å². The number of hydrogen-bond donors (Lipinski definition) is 3. The van der Waals surface area contributed by atoms with E-state index in [-0.39, 0.29) is 28.1 Å². The molecule has 0 fully saturated rings. The second-order valence-electron chi connectivity index (χ2n) is 7.34. The number of allylic oxidation sites excluding steroid dienone is 2. The van der Waals surface area contributed by atoms with E-state index in [0.717, 1.165) is 0 Å². The van der Waals surface area contributed by atoms with Gasteiger partial charge in [0.1, 0.15) is 5.75 Å². The lowest BCUT2D eigenvalue weighted by Crippen LogP contribution is -2.32. The summed E-state index contributed by atoms with van der Waals surface area (Å²) in [6, 6.07) is 11.2. The van der Waals surface area contributed by atoms with Gasteiger partial charge in [-0.2, -0.15) is 0 Å². The number of ether oxygens (including phenoxy) is 1. The van der Waals surface area contributed by atoms with Crippen molar-refractivity contribution in [2.24, 2.45) is 0 Å². The summed E-state index contributed by atoms with van der Waals surface area (Å²) in [5.74, 6) is -0.930. The molecule has 2 unspecified atom stereocenters. The fourth-order valence-corrected chi connectivity index (χ4v) is 3.72. The number of carboxylic acids is 1. The number of non-ortho nitro benzene ring substituents is 1. The molecule has 0 aliphatic carbocycles. The second kappa shape index (κ2) is 9.28. The molecule has 3 rings (SSSR count). The molecule has 9 nitrogen and oxygen atoms in total. The fourth-order valence-electron chi connectivity index (χ4n) is 3.72. The van der Waals surface area contributed by atoms with Gasteiger partial charge in [0, 0.05) is 29.1 Å². The van der Waals surface area contributed by atoms with Crippen LogP contribution in [0.2, 0.25) is 0 Å². The Morgan fingerprint density at radius 1 is 1.15 bits per heavy atom. The van der Waals surface area contributed by atoms with Crippen LogP contribution in [-0.4, -0.2) is 27.1 Å². The van der Waals surface area contributed by atoms with Gasteiger partial charge in [-0.05, 0) is 31.5 Å². The number of esters is 1. The number of rotatable bonds is 6. The highest BCUT2D eigenvalue weighted by atomic mass is 16.6. The smallest absolute Gasteiger partial charge is 0.338 e. The van der Waals surface area contributed by atoms with E-state index in [0.29, 0.717) is 17.0 Å². The highest BCUT2D eigenvalue weighted by Gasteiger charge is 2.38. The fraction of sp³-hybridized carbons (Fsp3) is 0.167. The normalized spacial score (nSPS) is 16.5. The number of carboxylic acid groups (broad SMARTS) is 1. The number of nitro benzene ring substituents is 1. The molecule has 0 aromatic heterocycles. The van der Waals surface area contributed by atoms with Gasteiger partial charge in [0.15, 0.2) is 6.10 Å². The van der Waals surface area contributed by atoms with Gasteiger partial charge in [0.25, 0.3) is 5.69 Å². The molecule has 2 aromatic carbocycles. The number of dihydropyridines is 1. The van der Waals surface area contributed by atoms with E-state index < -0.39 is 28.9 Å². The SMILES string of the molecule is C#CC(OC(=O)C1=C(C)NC(C)=C(C(=O)O)C1c1cccc([N+](=O)[O-])c1)c1ccc(O)cc1. The van der Waals surface area contributed by atoms with Crippen LogP contribution in [0, 0.1) is 22.5 Å². The number of phenols is 1. The molecule has 0 bridgehead atoms. The Bertz CT molecular complexity index is 1240. The molecule has 1 aliphatic heterocycles. The zero-order valence-electron chi connectivity index (χ0n) is 17.7. The largest absolute Gasteiger partial charge is 0.508 e. The number of nitrogens with zero attached hydrogens (tertiary/aromatic N) is 1. The molecule has 168 valence electrons. The van der Waals surface area contributed by atoms with Crippen LogP contribution in [0.5, 0.6) is 5.75 Å². The summed E-state index contributed by atoms with van der Waals surface area (Å²) < 4.78 is 5.52. The van der Waals surface area contributed by atoms with Crippen molar-refractivity contribution in [3.8, 4) is 18.1 Å². The molecule has 0 radical (unpaired) electrons. The van der Waals surface area contributed by atoms with Gasteiger partial charge in [-0.25, -0.2) is 9.59 Å². The van der Waals surface area contributed by atoms with Gasteiger partial charge >= 0.3 is 11.9 Å². The number of phenolic OH excluding ortho intramolecular Hbond substituents is 1. The van der Waals surface area contributed by atoms with Crippen LogP contribution >= 0.6 is 0 Å². The summed E-state index contributed by atoms with van der Waals surface area (Å²) in [4.78, 5) is 36.1. The maximum atomic E-state index is 13.3. The Hall–Kier alpha value is -4.58. The standard InChI is InChI=1S/C24H20N2O7/c1-4-19(15-8-10-18(27)11-9-15)33-24(30)21-14(3)25-13(2)20(23(28)29)22(21)16-6-5-7-17(12-16)26(31)32/h1,5-12,19,22,25,27H,2-3H3,(H,28,29). The first-order chi connectivity index (χ1) is 15.6. The summed E-state index contributed by atoms with van der Waals surface area (Å²) in [5, 5.41) is 33.5. The number of carbonyl (C=O) groups is 2. The molecule has 9 heteroatoms. The van der Waals surface area contributed by atoms with Crippen LogP contribution in [0.4, 0.5) is 5.69 Å². The quantitative estimate of drug-likeness (QED) is 0.264. The van der Waals surface area contributed by atoms with Gasteiger partial charge in [-0.15, -0.1) is 6.42 Å². The van der Waals surface area contributed by atoms with Crippen LogP contribution in [0.15, 0.2) is 71.1 Å². The molecule has 1 heterocycles. The topological polar surface area (TPSA) is 139 Å². The minimum Gasteiger partial charge on any atom is -0.508 e. The highest BCUT2D eigenvalue weighted by Crippen LogP contribution is 2.40. The van der Waals surface area contributed by atoms with Crippen molar-refractivity contribution >= 4 is 17.6 Å². The van der Waals surface area contributed by atoms with E-state index in [1.165, 1.54) is 48.5 Å². The molecule has 1 aliphatic rings. The number of nitrogens with one attached hydrogen (secondary N) is 1. The number of benzene rings is 2. The zero-order valence-corrected chi connectivity index (χ0v) is 17.7. The minimum atomic E-state index is -1.29. The third-order valence-corrected chi connectivity index (χ3v) is 5.20. The third kappa shape index (κ3) is 4.70. The first-order valence-corrected chi connectivity index (χ1v) is 9.76. The van der Waals surface area contributed by atoms with E-state index >= 15 is 0 Å². The predicted molar refractivity (Wildman–Crippen MR) is 118 cm³/mol. The van der Waals surface area contributed by atoms with Crippen molar-refractivity contribution in [2.45, 2.75) is 25.9 Å². The molecular weight excluding hydrogens is 428 g/mol. The molecule has 0 saturated heterocycles. The summed E-state index contributed by atoms with van der Waals surface area (Å²) in [7, 11) is 0. The van der Waals surface area contributed by atoms with Crippen LogP contribution in [-0.2, 0) is 14.3 Å². The van der Waals surface area contributed by atoms with Crippen molar-refractivity contribution < 1.29 is 29.5 Å². The second-order valence-corrected chi connectivity index (χ2v) is 7.34. The molecule has 2 atom stereocenters. The van der Waals surface area contributed by atoms with Gasteiger partial charge in [0.05, 0.1) is 22.0 Å². The summed E-state index contributed by atoms with van der Waals surface area (Å²) in [5.41, 5.74) is 0.885. The Morgan fingerprint density at radius 2 is 1.79 bits per heavy atom. The van der Waals surface area contributed by atoms with E-state index in [4.69, 9.17) is 11.2 Å². The van der Waals surface area contributed by atoms with Crippen LogP contribution in [0.25, 0.3) is 0 Å². The first kappa shape index (κ1) is 23.1. The van der Waals surface area contributed by atoms with Crippen molar-refractivity contribution in [1.29, 1.82) is 0 Å². The number of carbonyl (C=O) groups excluding carboxylic acids is 1. The number of terminal acetylenes is 1. The average molecular weight is 448 g/mol. The van der Waals surface area contributed by atoms with Crippen molar-refractivity contribution in [3.63, 3.8) is 0 Å². The number of hydrogen-bond acceptors (Lipinski definition) is 7. The van der Waals surface area contributed by atoms with Crippen LogP contribution in [0.3, 0.4) is 0 Å². The molecule has 0 spiro atoms. The maximum Gasteiger partial charge on any atom is 0.338 e. The Labute approximate surface area is 189 Å². The maximum absolute atomic E-state index is 13.3. The lowest BCUT2D eigenvalue weighted by Gasteiger charge is -2.30.